The van der Waals surface area contributed by atoms with Gasteiger partial charge in [-0.05, 0) is 31.9 Å². The van der Waals surface area contributed by atoms with E-state index in [1.165, 1.54) is 16.9 Å². The Bertz CT molecular complexity index is 558. The fraction of sp³-hybridized carbons (Fsp3) is 0.786. The van der Waals surface area contributed by atoms with Crippen LogP contribution in [0.25, 0.3) is 0 Å². The molecule has 0 saturated carbocycles. The summed E-state index contributed by atoms with van der Waals surface area (Å²) in [5.41, 5.74) is 0. The van der Waals surface area contributed by atoms with Crippen LogP contribution in [0.3, 0.4) is 0 Å². The average molecular weight is 330 g/mol. The molecule has 2 rings (SSSR count). The molecular formula is C14H26N4O3S. The number of piperidine rings is 1. The molecule has 1 aliphatic rings. The zero-order valence-electron chi connectivity index (χ0n) is 13.1. The molecule has 8 heteroatoms. The van der Waals surface area contributed by atoms with Gasteiger partial charge in [-0.25, -0.2) is 13.1 Å². The van der Waals surface area contributed by atoms with Gasteiger partial charge in [-0.3, -0.25) is 9.58 Å². The van der Waals surface area contributed by atoms with Gasteiger partial charge >= 0.3 is 0 Å². The number of nitrogens with zero attached hydrogens (tertiary/aromatic N) is 3. The molecule has 0 radical (unpaired) electrons. The first-order valence-electron chi connectivity index (χ1n) is 7.95. The topological polar surface area (TPSA) is 87.5 Å². The number of nitrogens with one attached hydrogen (secondary N) is 1. The highest BCUT2D eigenvalue weighted by molar-refractivity contribution is 7.89. The highest BCUT2D eigenvalue weighted by atomic mass is 32.2. The zero-order valence-corrected chi connectivity index (χ0v) is 13.9. The minimum atomic E-state index is -3.53. The van der Waals surface area contributed by atoms with E-state index in [9.17, 15) is 13.5 Å². The summed E-state index contributed by atoms with van der Waals surface area (Å²) >= 11 is 0. The Kier molecular flexibility index (Phi) is 6.37. The molecule has 2 N–H and O–H groups in total. The first-order chi connectivity index (χ1) is 10.6. The van der Waals surface area contributed by atoms with Crippen molar-refractivity contribution in [1.29, 1.82) is 0 Å². The zero-order chi connectivity index (χ0) is 16.0. The molecule has 126 valence electrons. The summed E-state index contributed by atoms with van der Waals surface area (Å²) in [7, 11) is -3.53. The van der Waals surface area contributed by atoms with Crippen molar-refractivity contribution >= 4 is 10.0 Å². The molecule has 0 spiro atoms. The van der Waals surface area contributed by atoms with Gasteiger partial charge in [0.25, 0.3) is 10.0 Å². The average Bonchev–Trinajstić information content (AvgIpc) is 2.97. The minimum absolute atomic E-state index is 0.135. The van der Waals surface area contributed by atoms with Crippen LogP contribution in [0.4, 0.5) is 0 Å². The van der Waals surface area contributed by atoms with Crippen molar-refractivity contribution < 1.29 is 13.5 Å². The van der Waals surface area contributed by atoms with Crippen molar-refractivity contribution in [3.05, 3.63) is 12.3 Å². The second-order valence-corrected chi connectivity index (χ2v) is 7.37. The van der Waals surface area contributed by atoms with Gasteiger partial charge in [-0.2, -0.15) is 5.10 Å². The number of aryl methyl sites for hydroxylation is 1. The van der Waals surface area contributed by atoms with E-state index >= 15 is 0 Å². The van der Waals surface area contributed by atoms with E-state index in [1.807, 2.05) is 6.92 Å². The van der Waals surface area contributed by atoms with E-state index in [0.29, 0.717) is 19.6 Å². The van der Waals surface area contributed by atoms with Crippen molar-refractivity contribution in [3.63, 3.8) is 0 Å². The van der Waals surface area contributed by atoms with Gasteiger partial charge in [0.1, 0.15) is 0 Å². The molecule has 22 heavy (non-hydrogen) atoms. The summed E-state index contributed by atoms with van der Waals surface area (Å²) in [5, 5.41) is 13.6. The van der Waals surface area contributed by atoms with E-state index in [2.05, 4.69) is 14.7 Å². The third-order valence-corrected chi connectivity index (χ3v) is 5.52. The Morgan fingerprint density at radius 3 is 2.95 bits per heavy atom. The third kappa shape index (κ3) is 4.28. The summed E-state index contributed by atoms with van der Waals surface area (Å²) in [6.45, 7) is 4.58. The molecule has 2 heterocycles. The van der Waals surface area contributed by atoms with Crippen molar-refractivity contribution in [2.24, 2.45) is 0 Å². The summed E-state index contributed by atoms with van der Waals surface area (Å²) < 4.78 is 28.8. The Hall–Kier alpha value is -0.960. The molecule has 0 bridgehead atoms. The SMILES string of the molecule is CCCn1nccc1S(=O)(=O)NCCN1CCCCC1CO. The maximum atomic E-state index is 12.3. The van der Waals surface area contributed by atoms with Crippen LogP contribution in [0.2, 0.25) is 0 Å². The number of sulfonamides is 1. The molecule has 1 aromatic rings. The van der Waals surface area contributed by atoms with Gasteiger partial charge in [-0.1, -0.05) is 13.3 Å². The lowest BCUT2D eigenvalue weighted by Crippen LogP contribution is -2.45. The van der Waals surface area contributed by atoms with Gasteiger partial charge in [0.05, 0.1) is 12.8 Å². The number of likely N-dealkylation sites (tertiary alicyclic amines) is 1. The molecule has 1 aromatic heterocycles. The third-order valence-electron chi connectivity index (χ3n) is 4.04. The van der Waals surface area contributed by atoms with E-state index in [0.717, 1.165) is 32.2 Å². The van der Waals surface area contributed by atoms with E-state index in [-0.39, 0.29) is 17.7 Å². The first kappa shape index (κ1) is 17.4. The van der Waals surface area contributed by atoms with Crippen LogP contribution >= 0.6 is 0 Å². The van der Waals surface area contributed by atoms with Gasteiger partial charge in [-0.15, -0.1) is 0 Å². The van der Waals surface area contributed by atoms with Crippen molar-refractivity contribution in [2.75, 3.05) is 26.2 Å². The number of hydrogen-bond donors (Lipinski definition) is 2. The second kappa shape index (κ2) is 8.05. The lowest BCUT2D eigenvalue weighted by atomic mass is 10.0. The fourth-order valence-electron chi connectivity index (χ4n) is 2.89. The van der Waals surface area contributed by atoms with Crippen molar-refractivity contribution in [3.8, 4) is 0 Å². The standard InChI is InChI=1S/C14H26N4O3S/c1-2-9-18-14(6-7-15-18)22(20,21)16-8-11-17-10-4-3-5-13(17)12-19/h6-7,13,16,19H,2-5,8-12H2,1H3. The molecule has 0 aliphatic carbocycles. The first-order valence-corrected chi connectivity index (χ1v) is 9.43. The highest BCUT2D eigenvalue weighted by Gasteiger charge is 2.23. The van der Waals surface area contributed by atoms with Crippen LogP contribution in [-0.2, 0) is 16.6 Å². The summed E-state index contributed by atoms with van der Waals surface area (Å²) in [5.74, 6) is 0. The monoisotopic (exact) mass is 330 g/mol. The van der Waals surface area contributed by atoms with Crippen LogP contribution in [-0.4, -0.2) is 60.5 Å². The predicted molar refractivity (Wildman–Crippen MR) is 84.0 cm³/mol. The molecule has 1 atom stereocenters. The second-order valence-electron chi connectivity index (χ2n) is 5.66. The molecule has 1 aliphatic heterocycles. The van der Waals surface area contributed by atoms with Gasteiger partial charge in [0, 0.05) is 25.7 Å². The molecule has 1 unspecified atom stereocenters. The number of hydrogen-bond acceptors (Lipinski definition) is 5. The summed E-state index contributed by atoms with van der Waals surface area (Å²) in [4.78, 5) is 2.16. The molecule has 7 nitrogen and oxygen atoms in total. The minimum Gasteiger partial charge on any atom is -0.395 e. The Labute approximate surface area is 132 Å². The smallest absolute Gasteiger partial charge is 0.257 e. The molecular weight excluding hydrogens is 304 g/mol. The molecule has 0 aromatic carbocycles. The lowest BCUT2D eigenvalue weighted by molar-refractivity contribution is 0.0923. The maximum Gasteiger partial charge on any atom is 0.257 e. The molecule has 1 saturated heterocycles. The van der Waals surface area contributed by atoms with Crippen LogP contribution in [0.15, 0.2) is 17.3 Å². The van der Waals surface area contributed by atoms with E-state index in [4.69, 9.17) is 0 Å². The highest BCUT2D eigenvalue weighted by Crippen LogP contribution is 2.16. The van der Waals surface area contributed by atoms with Gasteiger partial charge < -0.3 is 5.11 Å². The predicted octanol–water partition coefficient (Wildman–Crippen LogP) is 0.418. The molecule has 1 fully saturated rings. The number of aliphatic hydroxyl groups excluding tert-OH is 1. The quantitative estimate of drug-likeness (QED) is 0.721. The van der Waals surface area contributed by atoms with Gasteiger partial charge in [0.15, 0.2) is 5.03 Å². The Morgan fingerprint density at radius 2 is 2.23 bits per heavy atom. The maximum absolute atomic E-state index is 12.3. The number of aromatic nitrogens is 2. The number of aliphatic hydroxyl groups is 1. The largest absolute Gasteiger partial charge is 0.395 e. The van der Waals surface area contributed by atoms with Crippen LogP contribution < -0.4 is 4.72 Å². The number of rotatable bonds is 8. The van der Waals surface area contributed by atoms with Gasteiger partial charge in [0.2, 0.25) is 0 Å². The summed E-state index contributed by atoms with van der Waals surface area (Å²) in [6.07, 6.45) is 5.55. The Balaban J connectivity index is 1.91. The fourth-order valence-corrected chi connectivity index (χ4v) is 4.05. The van der Waals surface area contributed by atoms with Crippen molar-refractivity contribution in [1.82, 2.24) is 19.4 Å². The normalized spacial score (nSPS) is 20.4. The van der Waals surface area contributed by atoms with Crippen molar-refractivity contribution in [2.45, 2.75) is 50.2 Å². The van der Waals surface area contributed by atoms with Crippen LogP contribution in [0.1, 0.15) is 32.6 Å². The van der Waals surface area contributed by atoms with E-state index in [1.54, 1.807) is 0 Å². The summed E-state index contributed by atoms with van der Waals surface area (Å²) in [6, 6.07) is 1.68. The van der Waals surface area contributed by atoms with E-state index < -0.39 is 10.0 Å². The lowest BCUT2D eigenvalue weighted by Gasteiger charge is -2.34. The Morgan fingerprint density at radius 1 is 1.41 bits per heavy atom. The molecule has 0 amide bonds. The van der Waals surface area contributed by atoms with Crippen LogP contribution in [0, 0.1) is 0 Å². The van der Waals surface area contributed by atoms with Crippen LogP contribution in [0.5, 0.6) is 0 Å².